The fraction of sp³-hybridized carbons (Fsp3) is 0.647. The lowest BCUT2D eigenvalue weighted by Gasteiger charge is -2.38. The van der Waals surface area contributed by atoms with Gasteiger partial charge in [-0.25, -0.2) is 13.8 Å². The monoisotopic (exact) mass is 336 g/mol. The van der Waals surface area contributed by atoms with E-state index in [4.69, 9.17) is 0 Å². The zero-order valence-corrected chi connectivity index (χ0v) is 13.7. The Morgan fingerprint density at radius 1 is 1.38 bits per heavy atom. The Balaban J connectivity index is 1.59. The van der Waals surface area contributed by atoms with E-state index in [1.807, 2.05) is 4.90 Å². The smallest absolute Gasteiger partial charge is 0.280 e. The van der Waals surface area contributed by atoms with Gasteiger partial charge in [-0.05, 0) is 50.7 Å². The third kappa shape index (κ3) is 2.59. The Morgan fingerprint density at radius 3 is 2.83 bits per heavy atom. The normalized spacial score (nSPS) is 32.0. The maximum Gasteiger partial charge on any atom is 0.280 e. The molecule has 0 spiro atoms. The molecule has 0 aromatic carbocycles. The quantitative estimate of drug-likeness (QED) is 0.842. The number of rotatable bonds is 2. The summed E-state index contributed by atoms with van der Waals surface area (Å²) >= 11 is 0. The molecule has 1 amide bonds. The van der Waals surface area contributed by atoms with Crippen molar-refractivity contribution in [3.8, 4) is 0 Å². The van der Waals surface area contributed by atoms with Crippen LogP contribution in [0.3, 0.4) is 0 Å². The van der Waals surface area contributed by atoms with Gasteiger partial charge in [0.2, 0.25) is 5.91 Å². The van der Waals surface area contributed by atoms with Crippen molar-refractivity contribution in [1.82, 2.24) is 15.2 Å². The summed E-state index contributed by atoms with van der Waals surface area (Å²) in [6, 6.07) is 0.198. The number of hydrazone groups is 1. The molecule has 1 saturated heterocycles. The molecular formula is C17H22F2N4O. The van der Waals surface area contributed by atoms with E-state index in [1.54, 1.807) is 0 Å². The van der Waals surface area contributed by atoms with Crippen LogP contribution in [0.1, 0.15) is 39.0 Å². The van der Waals surface area contributed by atoms with Crippen molar-refractivity contribution in [3.63, 3.8) is 0 Å². The number of carbonyl (C=O) groups excluding carboxylic acids is 1. The highest BCUT2D eigenvalue weighted by atomic mass is 19.3. The van der Waals surface area contributed by atoms with Crippen molar-refractivity contribution in [3.05, 3.63) is 23.0 Å². The molecule has 4 rings (SSSR count). The van der Waals surface area contributed by atoms with Crippen molar-refractivity contribution in [2.45, 2.75) is 57.7 Å². The molecule has 2 fully saturated rings. The lowest BCUT2D eigenvalue weighted by Crippen LogP contribution is -2.54. The third-order valence-electron chi connectivity index (χ3n) is 5.29. The van der Waals surface area contributed by atoms with Gasteiger partial charge >= 0.3 is 0 Å². The molecule has 3 aliphatic heterocycles. The third-order valence-corrected chi connectivity index (χ3v) is 5.29. The Kier molecular flexibility index (Phi) is 3.81. The molecule has 24 heavy (non-hydrogen) atoms. The van der Waals surface area contributed by atoms with Crippen LogP contribution in [-0.2, 0) is 4.79 Å². The highest BCUT2D eigenvalue weighted by molar-refractivity contribution is 5.95. The lowest BCUT2D eigenvalue weighted by molar-refractivity contribution is -0.138. The summed E-state index contributed by atoms with van der Waals surface area (Å²) < 4.78 is 26.9. The zero-order valence-electron chi connectivity index (χ0n) is 13.7. The summed E-state index contributed by atoms with van der Waals surface area (Å²) in [5.41, 5.74) is 1.78. The second-order valence-electron chi connectivity index (χ2n) is 6.99. The topological polar surface area (TPSA) is 47.9 Å². The van der Waals surface area contributed by atoms with Crippen LogP contribution in [0, 0.1) is 5.92 Å². The predicted molar refractivity (Wildman–Crippen MR) is 86.1 cm³/mol. The molecule has 130 valence electrons. The maximum atomic E-state index is 13.4. The van der Waals surface area contributed by atoms with Crippen LogP contribution in [0.25, 0.3) is 0 Å². The number of piperidine rings is 1. The number of carbonyl (C=O) groups is 1. The first-order chi connectivity index (χ1) is 11.6. The van der Waals surface area contributed by atoms with Crippen LogP contribution in [0.5, 0.6) is 0 Å². The molecule has 3 heterocycles. The van der Waals surface area contributed by atoms with E-state index in [2.05, 4.69) is 17.3 Å². The number of nitrogens with one attached hydrogen (secondary N) is 1. The zero-order chi connectivity index (χ0) is 16.8. The lowest BCUT2D eigenvalue weighted by atomic mass is 9.98. The van der Waals surface area contributed by atoms with Crippen LogP contribution >= 0.6 is 0 Å². The van der Waals surface area contributed by atoms with Crippen molar-refractivity contribution in [1.29, 1.82) is 0 Å². The highest BCUT2D eigenvalue weighted by Gasteiger charge is 2.45. The number of nitrogens with zero attached hydrogens (tertiary/aromatic N) is 3. The maximum absolute atomic E-state index is 13.4. The fourth-order valence-corrected chi connectivity index (χ4v) is 3.76. The SMILES string of the molecule is CC1CCCCN1C(=O)C1C=NN2C(C(F)F)=CC(=C3CC3)NC12. The molecule has 3 unspecified atom stereocenters. The van der Waals surface area contributed by atoms with Crippen LogP contribution in [-0.4, -0.2) is 47.2 Å². The van der Waals surface area contributed by atoms with Gasteiger partial charge in [0.15, 0.2) is 0 Å². The van der Waals surface area contributed by atoms with E-state index in [1.165, 1.54) is 17.3 Å². The standard InChI is InChI=1S/C17H22F2N4O/c1-10-4-2-3-7-22(10)17(24)12-9-20-23-14(15(18)19)8-13(11-5-6-11)21-16(12)23/h8-10,12,15-16,21H,2-7H2,1H3. The van der Waals surface area contributed by atoms with Crippen molar-refractivity contribution < 1.29 is 13.6 Å². The molecule has 4 aliphatic rings. The number of allylic oxidation sites excluding steroid dienone is 3. The Labute approximate surface area is 140 Å². The minimum absolute atomic E-state index is 0.0124. The first kappa shape index (κ1) is 15.6. The molecule has 5 nitrogen and oxygen atoms in total. The number of alkyl halides is 2. The largest absolute Gasteiger partial charge is 0.363 e. The molecule has 1 aliphatic carbocycles. The van der Waals surface area contributed by atoms with Crippen LogP contribution in [0.2, 0.25) is 0 Å². The molecule has 0 radical (unpaired) electrons. The van der Waals surface area contributed by atoms with E-state index < -0.39 is 18.5 Å². The van der Waals surface area contributed by atoms with Crippen LogP contribution in [0.15, 0.2) is 28.1 Å². The summed E-state index contributed by atoms with van der Waals surface area (Å²) in [5.74, 6) is -0.538. The van der Waals surface area contributed by atoms with Crippen molar-refractivity contribution in [2.24, 2.45) is 11.0 Å². The molecule has 0 aromatic rings. The van der Waals surface area contributed by atoms with Gasteiger partial charge in [-0.2, -0.15) is 5.10 Å². The van der Waals surface area contributed by atoms with Gasteiger partial charge < -0.3 is 10.2 Å². The van der Waals surface area contributed by atoms with Gasteiger partial charge in [0.25, 0.3) is 6.43 Å². The second kappa shape index (κ2) is 5.86. The number of hydrogen-bond donors (Lipinski definition) is 1. The van der Waals surface area contributed by atoms with E-state index >= 15 is 0 Å². The number of likely N-dealkylation sites (tertiary alicyclic amines) is 1. The molecule has 7 heteroatoms. The Hall–Kier alpha value is -1.92. The van der Waals surface area contributed by atoms with E-state index in [9.17, 15) is 13.6 Å². The van der Waals surface area contributed by atoms with E-state index in [0.29, 0.717) is 0 Å². The van der Waals surface area contributed by atoms with E-state index in [-0.39, 0.29) is 17.6 Å². The van der Waals surface area contributed by atoms with Gasteiger partial charge in [0.1, 0.15) is 17.8 Å². The molecule has 0 aromatic heterocycles. The highest BCUT2D eigenvalue weighted by Crippen LogP contribution is 2.37. The van der Waals surface area contributed by atoms with E-state index in [0.717, 1.165) is 49.9 Å². The van der Waals surface area contributed by atoms with Gasteiger partial charge in [-0.1, -0.05) is 0 Å². The number of amides is 1. The number of fused-ring (bicyclic) bond motifs is 1. The summed E-state index contributed by atoms with van der Waals surface area (Å²) in [5, 5.41) is 8.68. The molecule has 1 saturated carbocycles. The number of hydrogen-bond acceptors (Lipinski definition) is 4. The second-order valence-corrected chi connectivity index (χ2v) is 6.99. The van der Waals surface area contributed by atoms with Crippen LogP contribution in [0.4, 0.5) is 8.78 Å². The molecule has 1 N–H and O–H groups in total. The van der Waals surface area contributed by atoms with Gasteiger partial charge in [0.05, 0.1) is 0 Å². The Morgan fingerprint density at radius 2 is 2.17 bits per heavy atom. The molecule has 0 bridgehead atoms. The summed E-state index contributed by atoms with van der Waals surface area (Å²) in [4.78, 5) is 14.9. The van der Waals surface area contributed by atoms with Gasteiger partial charge in [-0.15, -0.1) is 0 Å². The fourth-order valence-electron chi connectivity index (χ4n) is 3.76. The summed E-state index contributed by atoms with van der Waals surface area (Å²) in [7, 11) is 0. The minimum atomic E-state index is -2.61. The average molecular weight is 336 g/mol. The average Bonchev–Trinajstić information content (AvgIpc) is 3.33. The van der Waals surface area contributed by atoms with Crippen LogP contribution < -0.4 is 5.32 Å². The first-order valence-corrected chi connectivity index (χ1v) is 8.68. The minimum Gasteiger partial charge on any atom is -0.363 e. The van der Waals surface area contributed by atoms with Crippen molar-refractivity contribution in [2.75, 3.05) is 6.54 Å². The van der Waals surface area contributed by atoms with Crippen molar-refractivity contribution >= 4 is 12.1 Å². The Bertz CT molecular complexity index is 637. The predicted octanol–water partition coefficient (Wildman–Crippen LogP) is 2.43. The summed E-state index contributed by atoms with van der Waals surface area (Å²) in [6.45, 7) is 2.79. The molecular weight excluding hydrogens is 314 g/mol. The first-order valence-electron chi connectivity index (χ1n) is 8.68. The van der Waals surface area contributed by atoms with Gasteiger partial charge in [0, 0.05) is 24.5 Å². The molecule has 3 atom stereocenters. The van der Waals surface area contributed by atoms with Gasteiger partial charge in [-0.3, -0.25) is 4.79 Å². The number of halogens is 2. The summed E-state index contributed by atoms with van der Waals surface area (Å²) in [6.07, 6.45) is 4.86.